The fraction of sp³-hybridized carbons (Fsp3) is 0.182. The van der Waals surface area contributed by atoms with E-state index >= 15 is 0 Å². The van der Waals surface area contributed by atoms with Crippen LogP contribution in [-0.2, 0) is 6.18 Å². The Morgan fingerprint density at radius 3 is 2.53 bits per heavy atom. The van der Waals surface area contributed by atoms with Crippen molar-refractivity contribution in [1.29, 1.82) is 0 Å². The third-order valence-corrected chi connectivity index (χ3v) is 5.58. The molecule has 0 saturated heterocycles. The minimum atomic E-state index is -4.41. The van der Waals surface area contributed by atoms with Crippen molar-refractivity contribution < 1.29 is 17.9 Å². The van der Waals surface area contributed by atoms with Crippen molar-refractivity contribution in [2.75, 3.05) is 11.9 Å². The Hall–Kier alpha value is -3.13. The molecule has 4 nitrogen and oxygen atoms in total. The van der Waals surface area contributed by atoms with Gasteiger partial charge in [-0.25, -0.2) is 9.97 Å². The molecule has 0 aliphatic carbocycles. The van der Waals surface area contributed by atoms with Gasteiger partial charge in [-0.2, -0.15) is 13.2 Å². The molecule has 0 amide bonds. The molecule has 154 valence electrons. The number of benzene rings is 2. The van der Waals surface area contributed by atoms with Crippen LogP contribution in [0.4, 0.5) is 24.7 Å². The van der Waals surface area contributed by atoms with Crippen molar-refractivity contribution >= 4 is 33.1 Å². The molecular weight excluding hydrogens is 411 g/mol. The van der Waals surface area contributed by atoms with Gasteiger partial charge in [0.25, 0.3) is 0 Å². The predicted molar refractivity (Wildman–Crippen MR) is 113 cm³/mol. The summed E-state index contributed by atoms with van der Waals surface area (Å²) in [6.07, 6.45) is -3.00. The largest absolute Gasteiger partial charge is 0.494 e. The molecule has 4 aromatic rings. The van der Waals surface area contributed by atoms with Gasteiger partial charge in [-0.1, -0.05) is 18.2 Å². The Kier molecular flexibility index (Phi) is 5.34. The zero-order valence-electron chi connectivity index (χ0n) is 16.2. The average molecular weight is 429 g/mol. The summed E-state index contributed by atoms with van der Waals surface area (Å²) in [6.45, 7) is 4.50. The van der Waals surface area contributed by atoms with Gasteiger partial charge in [-0.3, -0.25) is 0 Å². The topological polar surface area (TPSA) is 47.0 Å². The number of hydrogen-bond acceptors (Lipinski definition) is 5. The number of anilines is 2. The van der Waals surface area contributed by atoms with E-state index in [1.807, 2.05) is 38.1 Å². The Balaban J connectivity index is 1.79. The third kappa shape index (κ3) is 3.95. The lowest BCUT2D eigenvalue weighted by Gasteiger charge is -2.12. The summed E-state index contributed by atoms with van der Waals surface area (Å²) in [5.74, 6) is 1.24. The molecule has 2 aromatic carbocycles. The summed E-state index contributed by atoms with van der Waals surface area (Å²) >= 11 is 1.52. The zero-order valence-corrected chi connectivity index (χ0v) is 17.1. The molecule has 1 N–H and O–H groups in total. The summed E-state index contributed by atoms with van der Waals surface area (Å²) in [6, 6.07) is 12.8. The van der Waals surface area contributed by atoms with Crippen LogP contribution in [0.5, 0.6) is 5.75 Å². The van der Waals surface area contributed by atoms with E-state index in [0.29, 0.717) is 18.1 Å². The molecule has 2 aromatic heterocycles. The van der Waals surface area contributed by atoms with Crippen molar-refractivity contribution in [3.63, 3.8) is 0 Å². The molecular formula is C22H18F3N3OS. The Labute approximate surface area is 175 Å². The second-order valence-electron chi connectivity index (χ2n) is 6.60. The van der Waals surface area contributed by atoms with Crippen LogP contribution >= 0.6 is 11.3 Å². The zero-order chi connectivity index (χ0) is 21.3. The van der Waals surface area contributed by atoms with Crippen LogP contribution in [0.15, 0.2) is 54.9 Å². The number of ether oxygens (including phenoxy) is 1. The highest BCUT2D eigenvalue weighted by Gasteiger charge is 2.30. The van der Waals surface area contributed by atoms with E-state index in [2.05, 4.69) is 15.3 Å². The van der Waals surface area contributed by atoms with Crippen LogP contribution < -0.4 is 10.1 Å². The fourth-order valence-electron chi connectivity index (χ4n) is 3.28. The minimum absolute atomic E-state index is 0.311. The first-order valence-electron chi connectivity index (χ1n) is 9.28. The summed E-state index contributed by atoms with van der Waals surface area (Å²) in [5.41, 5.74) is 1.51. The van der Waals surface area contributed by atoms with E-state index in [-0.39, 0.29) is 0 Å². The monoisotopic (exact) mass is 429 g/mol. The van der Waals surface area contributed by atoms with Gasteiger partial charge in [0, 0.05) is 16.1 Å². The number of aryl methyl sites for hydroxylation is 1. The van der Waals surface area contributed by atoms with Gasteiger partial charge >= 0.3 is 6.18 Å². The Morgan fingerprint density at radius 1 is 1.07 bits per heavy atom. The van der Waals surface area contributed by atoms with Crippen molar-refractivity contribution in [2.45, 2.75) is 20.0 Å². The molecule has 2 heterocycles. The third-order valence-electron chi connectivity index (χ3n) is 4.57. The summed E-state index contributed by atoms with van der Waals surface area (Å²) in [4.78, 5) is 10.5. The highest BCUT2D eigenvalue weighted by molar-refractivity contribution is 7.19. The average Bonchev–Trinajstić information content (AvgIpc) is 3.05. The maximum atomic E-state index is 13.1. The standard InChI is InChI=1S/C22H18F3N3OS/c1-3-29-17-9-7-14(8-10-17)18-13(2)30-21-19(18)20(26-12-27-21)28-16-6-4-5-15(11-16)22(23,24)25/h4-12H,3H2,1-2H3,(H,26,27,28). The molecule has 0 saturated carbocycles. The molecule has 8 heteroatoms. The maximum Gasteiger partial charge on any atom is 0.416 e. The summed E-state index contributed by atoms with van der Waals surface area (Å²) < 4.78 is 44.7. The van der Waals surface area contributed by atoms with E-state index in [1.165, 1.54) is 23.7 Å². The number of hydrogen-bond donors (Lipinski definition) is 1. The van der Waals surface area contributed by atoms with E-state index in [0.717, 1.165) is 44.1 Å². The maximum absolute atomic E-state index is 13.1. The van der Waals surface area contributed by atoms with Gasteiger partial charge in [0.1, 0.15) is 22.7 Å². The van der Waals surface area contributed by atoms with Gasteiger partial charge < -0.3 is 10.1 Å². The van der Waals surface area contributed by atoms with Crippen molar-refractivity contribution in [2.24, 2.45) is 0 Å². The molecule has 0 aliphatic heterocycles. The highest BCUT2D eigenvalue weighted by atomic mass is 32.1. The Bertz CT molecular complexity index is 1190. The number of thiophene rings is 1. The van der Waals surface area contributed by atoms with Crippen LogP contribution in [-0.4, -0.2) is 16.6 Å². The summed E-state index contributed by atoms with van der Waals surface area (Å²) in [5, 5.41) is 3.82. The van der Waals surface area contributed by atoms with E-state index in [1.54, 1.807) is 6.07 Å². The lowest BCUT2D eigenvalue weighted by molar-refractivity contribution is -0.137. The molecule has 0 atom stereocenters. The molecule has 0 bridgehead atoms. The molecule has 4 rings (SSSR count). The lowest BCUT2D eigenvalue weighted by atomic mass is 10.0. The number of nitrogens with zero attached hydrogens (tertiary/aromatic N) is 2. The van der Waals surface area contributed by atoms with E-state index < -0.39 is 11.7 Å². The molecule has 0 spiro atoms. The number of rotatable bonds is 5. The molecule has 0 radical (unpaired) electrons. The smallest absolute Gasteiger partial charge is 0.416 e. The van der Waals surface area contributed by atoms with E-state index in [9.17, 15) is 13.2 Å². The van der Waals surface area contributed by atoms with E-state index in [4.69, 9.17) is 4.74 Å². The SMILES string of the molecule is CCOc1ccc(-c2c(C)sc3ncnc(Nc4cccc(C(F)(F)F)c4)c23)cc1. The molecule has 30 heavy (non-hydrogen) atoms. The van der Waals surface area contributed by atoms with Crippen LogP contribution in [0, 0.1) is 6.92 Å². The van der Waals surface area contributed by atoms with Gasteiger partial charge in [-0.15, -0.1) is 11.3 Å². The second-order valence-corrected chi connectivity index (χ2v) is 7.80. The van der Waals surface area contributed by atoms with Gasteiger partial charge in [0.05, 0.1) is 17.6 Å². The van der Waals surface area contributed by atoms with Gasteiger partial charge in [0.15, 0.2) is 0 Å². The Morgan fingerprint density at radius 2 is 1.83 bits per heavy atom. The number of aromatic nitrogens is 2. The van der Waals surface area contributed by atoms with Gasteiger partial charge in [0.2, 0.25) is 0 Å². The van der Waals surface area contributed by atoms with Crippen LogP contribution in [0.3, 0.4) is 0 Å². The number of halogens is 3. The normalized spacial score (nSPS) is 11.6. The lowest BCUT2D eigenvalue weighted by Crippen LogP contribution is -2.05. The number of alkyl halides is 3. The first-order chi connectivity index (χ1) is 14.4. The minimum Gasteiger partial charge on any atom is -0.494 e. The summed E-state index contributed by atoms with van der Waals surface area (Å²) in [7, 11) is 0. The first kappa shape index (κ1) is 20.2. The highest BCUT2D eigenvalue weighted by Crippen LogP contribution is 2.41. The van der Waals surface area contributed by atoms with Crippen molar-refractivity contribution in [3.8, 4) is 16.9 Å². The molecule has 0 fully saturated rings. The van der Waals surface area contributed by atoms with Crippen molar-refractivity contribution in [3.05, 3.63) is 65.3 Å². The fourth-order valence-corrected chi connectivity index (χ4v) is 4.29. The molecule has 0 unspecified atom stereocenters. The first-order valence-corrected chi connectivity index (χ1v) is 10.1. The second kappa shape index (κ2) is 7.95. The van der Waals surface area contributed by atoms with Crippen molar-refractivity contribution in [1.82, 2.24) is 9.97 Å². The van der Waals surface area contributed by atoms with Gasteiger partial charge in [-0.05, 0) is 49.7 Å². The quantitative estimate of drug-likeness (QED) is 0.378. The molecule has 0 aliphatic rings. The number of nitrogens with one attached hydrogen (secondary N) is 1. The van der Waals surface area contributed by atoms with Crippen LogP contribution in [0.1, 0.15) is 17.4 Å². The predicted octanol–water partition coefficient (Wildman–Crippen LogP) is 6.83. The van der Waals surface area contributed by atoms with Crippen LogP contribution in [0.25, 0.3) is 21.3 Å². The van der Waals surface area contributed by atoms with Crippen LogP contribution in [0.2, 0.25) is 0 Å². The number of fused-ring (bicyclic) bond motifs is 1.